The van der Waals surface area contributed by atoms with Gasteiger partial charge < -0.3 is 0 Å². The van der Waals surface area contributed by atoms with Crippen molar-refractivity contribution in [3.05, 3.63) is 81.6 Å². The molecule has 3 nitrogen and oxygen atoms in total. The van der Waals surface area contributed by atoms with Gasteiger partial charge in [0.2, 0.25) is 0 Å². The van der Waals surface area contributed by atoms with Crippen LogP contribution in [0.15, 0.2) is 42.5 Å². The minimum absolute atomic E-state index is 0.248. The van der Waals surface area contributed by atoms with Gasteiger partial charge in [-0.1, -0.05) is 24.3 Å². The van der Waals surface area contributed by atoms with Crippen LogP contribution in [0.2, 0.25) is 0 Å². The molecule has 128 valence electrons. The van der Waals surface area contributed by atoms with E-state index in [1.54, 1.807) is 25.1 Å². The largest absolute Gasteiger partial charge is 0.298 e. The topological polar surface area (TPSA) is 42.0 Å². The number of amides is 1. The predicted octanol–water partition coefficient (Wildman–Crippen LogP) is 4.71. The number of nitrogens with one attached hydrogen (secondary N) is 1. The van der Waals surface area contributed by atoms with Gasteiger partial charge in [0.1, 0.15) is 5.82 Å². The lowest BCUT2D eigenvalue weighted by atomic mass is 10.1. The summed E-state index contributed by atoms with van der Waals surface area (Å²) >= 11 is 1.17. The molecule has 3 rings (SSSR count). The molecule has 0 fully saturated rings. The number of carbonyl (C=O) groups is 1. The molecule has 0 spiro atoms. The molecule has 0 atom stereocenters. The number of benzene rings is 2. The van der Waals surface area contributed by atoms with Gasteiger partial charge in [-0.25, -0.2) is 18.2 Å². The maximum atomic E-state index is 13.8. The third-order valence-electron chi connectivity index (χ3n) is 3.62. The van der Waals surface area contributed by atoms with Crippen LogP contribution in [-0.4, -0.2) is 10.9 Å². The first-order valence-corrected chi connectivity index (χ1v) is 8.22. The van der Waals surface area contributed by atoms with E-state index in [1.807, 2.05) is 0 Å². The van der Waals surface area contributed by atoms with Crippen LogP contribution >= 0.6 is 11.3 Å². The van der Waals surface area contributed by atoms with Crippen molar-refractivity contribution in [1.29, 1.82) is 0 Å². The number of rotatable bonds is 4. The Kier molecular flexibility index (Phi) is 4.85. The molecule has 7 heteroatoms. The minimum Gasteiger partial charge on any atom is -0.298 e. The highest BCUT2D eigenvalue weighted by Crippen LogP contribution is 2.26. The van der Waals surface area contributed by atoms with E-state index < -0.39 is 23.1 Å². The Balaban J connectivity index is 1.80. The van der Waals surface area contributed by atoms with Crippen molar-refractivity contribution in [3.63, 3.8) is 0 Å². The van der Waals surface area contributed by atoms with Crippen molar-refractivity contribution in [2.75, 3.05) is 5.32 Å². The number of hydrogen-bond acceptors (Lipinski definition) is 3. The van der Waals surface area contributed by atoms with Gasteiger partial charge in [0, 0.05) is 11.3 Å². The summed E-state index contributed by atoms with van der Waals surface area (Å²) in [7, 11) is 0. The molecule has 0 aliphatic rings. The summed E-state index contributed by atoms with van der Waals surface area (Å²) in [5.41, 5.74) is 0.759. The number of carbonyl (C=O) groups excluding carboxylic acids is 1. The van der Waals surface area contributed by atoms with E-state index in [-0.39, 0.29) is 10.9 Å². The quantitative estimate of drug-likeness (QED) is 0.730. The van der Waals surface area contributed by atoms with Gasteiger partial charge in [0.25, 0.3) is 5.91 Å². The molecule has 0 saturated heterocycles. The van der Waals surface area contributed by atoms with Gasteiger partial charge in [0.15, 0.2) is 16.8 Å². The van der Waals surface area contributed by atoms with Crippen molar-refractivity contribution in [2.24, 2.45) is 0 Å². The van der Waals surface area contributed by atoms with E-state index in [0.29, 0.717) is 17.7 Å². The zero-order valence-corrected chi connectivity index (χ0v) is 14.0. The molecule has 0 bridgehead atoms. The van der Waals surface area contributed by atoms with Crippen LogP contribution in [0.25, 0.3) is 0 Å². The van der Waals surface area contributed by atoms with Gasteiger partial charge >= 0.3 is 0 Å². The Bertz CT molecular complexity index is 940. The van der Waals surface area contributed by atoms with Crippen LogP contribution in [0, 0.1) is 24.4 Å². The number of nitrogens with zero attached hydrogens (tertiary/aromatic N) is 1. The molecule has 1 heterocycles. The molecule has 1 amide bonds. The zero-order valence-electron chi connectivity index (χ0n) is 13.1. The number of halogens is 3. The van der Waals surface area contributed by atoms with Crippen LogP contribution in [0.3, 0.4) is 0 Å². The molecular weight excluding hydrogens is 349 g/mol. The standard InChI is InChI=1S/C18H13F3N2OS/c1-10-15(9-11-5-2-3-7-13(11)19)25-18(22-10)23-17(24)12-6-4-8-14(20)16(12)21/h2-8H,9H2,1H3,(H,22,23,24). The summed E-state index contributed by atoms with van der Waals surface area (Å²) in [4.78, 5) is 17.1. The highest BCUT2D eigenvalue weighted by molar-refractivity contribution is 7.15. The molecule has 1 N–H and O–H groups in total. The van der Waals surface area contributed by atoms with Crippen LogP contribution in [0.4, 0.5) is 18.3 Å². The maximum Gasteiger partial charge on any atom is 0.260 e. The van der Waals surface area contributed by atoms with Crippen LogP contribution in [0.1, 0.15) is 26.5 Å². The average molecular weight is 362 g/mol. The Labute approximate surface area is 146 Å². The van der Waals surface area contributed by atoms with E-state index in [1.165, 1.54) is 29.5 Å². The van der Waals surface area contributed by atoms with Crippen molar-refractivity contribution in [3.8, 4) is 0 Å². The summed E-state index contributed by atoms with van der Waals surface area (Å²) in [5, 5.41) is 2.70. The van der Waals surface area contributed by atoms with Gasteiger partial charge in [-0.2, -0.15) is 0 Å². The third kappa shape index (κ3) is 3.71. The average Bonchev–Trinajstić information content (AvgIpc) is 2.91. The number of hydrogen-bond donors (Lipinski definition) is 1. The second kappa shape index (κ2) is 7.06. The number of aryl methyl sites for hydroxylation is 1. The molecule has 3 aromatic rings. The lowest BCUT2D eigenvalue weighted by molar-refractivity contribution is 0.102. The van der Waals surface area contributed by atoms with Crippen LogP contribution < -0.4 is 5.32 Å². The van der Waals surface area contributed by atoms with Gasteiger partial charge in [-0.3, -0.25) is 10.1 Å². The first-order chi connectivity index (χ1) is 12.0. The van der Waals surface area contributed by atoms with Crippen molar-refractivity contribution >= 4 is 22.4 Å². The SMILES string of the molecule is Cc1nc(NC(=O)c2cccc(F)c2F)sc1Cc1ccccc1F. The highest BCUT2D eigenvalue weighted by atomic mass is 32.1. The highest BCUT2D eigenvalue weighted by Gasteiger charge is 2.17. The van der Waals surface area contributed by atoms with E-state index in [0.717, 1.165) is 10.9 Å². The van der Waals surface area contributed by atoms with Crippen LogP contribution in [0.5, 0.6) is 0 Å². The molecule has 0 unspecified atom stereocenters. The normalized spacial score (nSPS) is 10.7. The second-order valence-corrected chi connectivity index (χ2v) is 6.43. The van der Waals surface area contributed by atoms with E-state index in [2.05, 4.69) is 10.3 Å². The summed E-state index contributed by atoms with van der Waals surface area (Å²) < 4.78 is 40.7. The summed E-state index contributed by atoms with van der Waals surface area (Å²) in [6.45, 7) is 1.74. The molecule has 1 aromatic heterocycles. The molecule has 0 aliphatic carbocycles. The summed E-state index contributed by atoms with van der Waals surface area (Å²) in [6.07, 6.45) is 0.334. The zero-order chi connectivity index (χ0) is 18.0. The van der Waals surface area contributed by atoms with Crippen molar-refractivity contribution < 1.29 is 18.0 Å². The summed E-state index contributed by atoms with van der Waals surface area (Å²) in [5.74, 6) is -3.41. The smallest absolute Gasteiger partial charge is 0.260 e. The van der Waals surface area contributed by atoms with Gasteiger partial charge in [0.05, 0.1) is 11.3 Å². The second-order valence-electron chi connectivity index (χ2n) is 5.35. The number of anilines is 1. The van der Waals surface area contributed by atoms with Crippen molar-refractivity contribution in [2.45, 2.75) is 13.3 Å². The molecule has 0 radical (unpaired) electrons. The Morgan fingerprint density at radius 3 is 2.56 bits per heavy atom. The third-order valence-corrected chi connectivity index (χ3v) is 4.69. The number of thiazole rings is 1. The fourth-order valence-electron chi connectivity index (χ4n) is 2.30. The van der Waals surface area contributed by atoms with E-state index in [4.69, 9.17) is 0 Å². The first kappa shape index (κ1) is 17.2. The Morgan fingerprint density at radius 1 is 1.08 bits per heavy atom. The lowest BCUT2D eigenvalue weighted by Crippen LogP contribution is -2.14. The summed E-state index contributed by atoms with van der Waals surface area (Å²) in [6, 6.07) is 9.78. The molecule has 2 aromatic carbocycles. The van der Waals surface area contributed by atoms with Gasteiger partial charge in [-0.15, -0.1) is 11.3 Å². The first-order valence-electron chi connectivity index (χ1n) is 7.41. The Hall–Kier alpha value is -2.67. The van der Waals surface area contributed by atoms with Gasteiger partial charge in [-0.05, 0) is 30.7 Å². The molecular formula is C18H13F3N2OS. The monoisotopic (exact) mass is 362 g/mol. The fraction of sp³-hybridized carbons (Fsp3) is 0.111. The maximum absolute atomic E-state index is 13.8. The molecule has 25 heavy (non-hydrogen) atoms. The fourth-order valence-corrected chi connectivity index (χ4v) is 3.28. The molecule has 0 saturated carbocycles. The van der Waals surface area contributed by atoms with E-state index in [9.17, 15) is 18.0 Å². The van der Waals surface area contributed by atoms with E-state index >= 15 is 0 Å². The minimum atomic E-state index is -1.21. The van der Waals surface area contributed by atoms with Crippen LogP contribution in [-0.2, 0) is 6.42 Å². The molecule has 0 aliphatic heterocycles. The lowest BCUT2D eigenvalue weighted by Gasteiger charge is -2.03. The number of aromatic nitrogens is 1. The van der Waals surface area contributed by atoms with Crippen molar-refractivity contribution in [1.82, 2.24) is 4.98 Å². The predicted molar refractivity (Wildman–Crippen MR) is 90.4 cm³/mol. The Morgan fingerprint density at radius 2 is 1.80 bits per heavy atom.